The third kappa shape index (κ3) is 4.24. The van der Waals surface area contributed by atoms with Crippen molar-refractivity contribution < 1.29 is 13.2 Å². The van der Waals surface area contributed by atoms with Gasteiger partial charge in [-0.1, -0.05) is 25.4 Å². The number of benzene rings is 1. The minimum Gasteiger partial charge on any atom is -0.342 e. The second kappa shape index (κ2) is 7.87. The maximum Gasteiger partial charge on any atom is 0.243 e. The molecule has 0 aliphatic carbocycles. The maximum atomic E-state index is 12.9. The number of hydrogen-bond donors (Lipinski definition) is 0. The highest BCUT2D eigenvalue weighted by Gasteiger charge is 2.35. The van der Waals surface area contributed by atoms with Crippen molar-refractivity contribution in [1.82, 2.24) is 9.21 Å². The Kier molecular flexibility index (Phi) is 5.94. The van der Waals surface area contributed by atoms with Crippen molar-refractivity contribution in [3.63, 3.8) is 0 Å². The second-order valence-corrected chi connectivity index (χ2v) is 10.2. The molecule has 2 fully saturated rings. The lowest BCUT2D eigenvalue weighted by molar-refractivity contribution is -0.139. The Morgan fingerprint density at radius 3 is 2.12 bits per heavy atom. The van der Waals surface area contributed by atoms with Crippen LogP contribution >= 0.6 is 11.6 Å². The van der Waals surface area contributed by atoms with Gasteiger partial charge in [-0.05, 0) is 55.4 Å². The summed E-state index contributed by atoms with van der Waals surface area (Å²) in [6.45, 7) is 6.81. The van der Waals surface area contributed by atoms with Crippen LogP contribution in [0.3, 0.4) is 0 Å². The first-order valence-corrected chi connectivity index (χ1v) is 11.1. The summed E-state index contributed by atoms with van der Waals surface area (Å²) in [7, 11) is -3.52. The molecule has 2 saturated heterocycles. The van der Waals surface area contributed by atoms with Crippen LogP contribution in [0.15, 0.2) is 29.2 Å². The molecular weight excluding hydrogens is 372 g/mol. The summed E-state index contributed by atoms with van der Waals surface area (Å²) < 4.78 is 27.0. The molecule has 0 N–H and O–H groups in total. The summed E-state index contributed by atoms with van der Waals surface area (Å²) in [5, 5.41) is 0.512. The predicted octanol–water partition coefficient (Wildman–Crippen LogP) is 3.25. The van der Waals surface area contributed by atoms with Crippen molar-refractivity contribution in [1.29, 1.82) is 0 Å². The Morgan fingerprint density at radius 2 is 1.58 bits per heavy atom. The number of rotatable bonds is 3. The number of sulfonamides is 1. The van der Waals surface area contributed by atoms with Crippen molar-refractivity contribution in [2.45, 2.75) is 38.0 Å². The van der Waals surface area contributed by atoms with Gasteiger partial charge in [0, 0.05) is 37.1 Å². The van der Waals surface area contributed by atoms with Gasteiger partial charge in [-0.2, -0.15) is 4.31 Å². The van der Waals surface area contributed by atoms with Crippen LogP contribution in [0.4, 0.5) is 0 Å². The molecule has 144 valence electrons. The fraction of sp³-hybridized carbons (Fsp3) is 0.632. The van der Waals surface area contributed by atoms with Crippen LogP contribution in [-0.2, 0) is 14.8 Å². The monoisotopic (exact) mass is 398 g/mol. The molecule has 7 heteroatoms. The van der Waals surface area contributed by atoms with Gasteiger partial charge in [0.25, 0.3) is 0 Å². The average molecular weight is 399 g/mol. The van der Waals surface area contributed by atoms with E-state index in [1.807, 2.05) is 4.90 Å². The zero-order valence-electron chi connectivity index (χ0n) is 15.4. The van der Waals surface area contributed by atoms with E-state index in [1.165, 1.54) is 22.9 Å². The minimum absolute atomic E-state index is 0.0656. The van der Waals surface area contributed by atoms with Crippen molar-refractivity contribution in [3.05, 3.63) is 29.3 Å². The van der Waals surface area contributed by atoms with Gasteiger partial charge in [0.15, 0.2) is 0 Å². The van der Waals surface area contributed by atoms with Gasteiger partial charge in [0.1, 0.15) is 0 Å². The van der Waals surface area contributed by atoms with E-state index < -0.39 is 10.0 Å². The Hall–Kier alpha value is -1.11. The average Bonchev–Trinajstić information content (AvgIpc) is 2.61. The smallest absolute Gasteiger partial charge is 0.243 e. The lowest BCUT2D eigenvalue weighted by atomic mass is 9.89. The number of carbonyl (C=O) groups is 1. The van der Waals surface area contributed by atoms with Gasteiger partial charge < -0.3 is 4.90 Å². The molecule has 0 saturated carbocycles. The largest absolute Gasteiger partial charge is 0.342 e. The molecule has 1 aromatic carbocycles. The fourth-order valence-electron chi connectivity index (χ4n) is 4.20. The van der Waals surface area contributed by atoms with Crippen molar-refractivity contribution in [2.24, 2.45) is 17.8 Å². The summed E-state index contributed by atoms with van der Waals surface area (Å²) in [4.78, 5) is 15.1. The molecule has 2 heterocycles. The topological polar surface area (TPSA) is 57.7 Å². The summed E-state index contributed by atoms with van der Waals surface area (Å²) in [5.41, 5.74) is 0. The number of amides is 1. The van der Waals surface area contributed by atoms with Gasteiger partial charge in [-0.3, -0.25) is 4.79 Å². The molecule has 0 spiro atoms. The maximum absolute atomic E-state index is 12.9. The first kappa shape index (κ1) is 19.6. The minimum atomic E-state index is -3.52. The van der Waals surface area contributed by atoms with E-state index in [0.717, 1.165) is 13.1 Å². The van der Waals surface area contributed by atoms with Crippen LogP contribution in [0.25, 0.3) is 0 Å². The van der Waals surface area contributed by atoms with E-state index in [4.69, 9.17) is 11.6 Å². The van der Waals surface area contributed by atoms with E-state index in [1.54, 1.807) is 12.1 Å². The molecule has 5 nitrogen and oxygen atoms in total. The second-order valence-electron chi connectivity index (χ2n) is 7.82. The van der Waals surface area contributed by atoms with Crippen LogP contribution in [0.2, 0.25) is 5.02 Å². The quantitative estimate of drug-likeness (QED) is 0.785. The molecule has 0 bridgehead atoms. The highest BCUT2D eigenvalue weighted by atomic mass is 35.5. The van der Waals surface area contributed by atoms with E-state index >= 15 is 0 Å². The lowest BCUT2D eigenvalue weighted by Gasteiger charge is -2.39. The normalized spacial score (nSPS) is 26.0. The van der Waals surface area contributed by atoms with E-state index in [2.05, 4.69) is 13.8 Å². The first-order valence-electron chi connectivity index (χ1n) is 9.32. The molecule has 1 aromatic rings. The van der Waals surface area contributed by atoms with Crippen LogP contribution in [-0.4, -0.2) is 49.7 Å². The highest BCUT2D eigenvalue weighted by molar-refractivity contribution is 7.89. The van der Waals surface area contributed by atoms with Crippen LogP contribution < -0.4 is 0 Å². The summed E-state index contributed by atoms with van der Waals surface area (Å²) in [5.74, 6) is 1.21. The van der Waals surface area contributed by atoms with Crippen LogP contribution in [0, 0.1) is 17.8 Å². The highest BCUT2D eigenvalue weighted by Crippen LogP contribution is 2.28. The van der Waals surface area contributed by atoms with Crippen molar-refractivity contribution in [3.8, 4) is 0 Å². The third-order valence-electron chi connectivity index (χ3n) is 5.44. The number of nitrogens with zero attached hydrogens (tertiary/aromatic N) is 2. The van der Waals surface area contributed by atoms with E-state index in [9.17, 15) is 13.2 Å². The van der Waals surface area contributed by atoms with Gasteiger partial charge >= 0.3 is 0 Å². The zero-order valence-corrected chi connectivity index (χ0v) is 17.0. The van der Waals surface area contributed by atoms with Gasteiger partial charge in [0.05, 0.1) is 4.90 Å². The number of halogens is 1. The molecule has 0 radical (unpaired) electrons. The van der Waals surface area contributed by atoms with Gasteiger partial charge in [0.2, 0.25) is 15.9 Å². The van der Waals surface area contributed by atoms with Crippen molar-refractivity contribution in [2.75, 3.05) is 26.2 Å². The Balaban J connectivity index is 1.62. The summed E-state index contributed by atoms with van der Waals surface area (Å²) in [6.07, 6.45) is 2.34. The lowest BCUT2D eigenvalue weighted by Crippen LogP contribution is -2.48. The van der Waals surface area contributed by atoms with Crippen LogP contribution in [0.1, 0.15) is 33.1 Å². The Morgan fingerprint density at radius 1 is 1.04 bits per heavy atom. The molecule has 26 heavy (non-hydrogen) atoms. The molecule has 1 amide bonds. The number of hydrogen-bond acceptors (Lipinski definition) is 3. The predicted molar refractivity (Wildman–Crippen MR) is 102 cm³/mol. The standard InChI is InChI=1S/C19H27ClN2O3S/c1-14-11-15(2)13-21(12-14)19(23)16-7-9-22(10-8-16)26(24,25)18-5-3-17(20)4-6-18/h3-6,14-16H,7-13H2,1-2H3. The molecule has 2 atom stereocenters. The Bertz CT molecular complexity index is 733. The van der Waals surface area contributed by atoms with Gasteiger partial charge in [-0.25, -0.2) is 8.42 Å². The Labute approximate surface area is 161 Å². The van der Waals surface area contributed by atoms with Crippen LogP contribution in [0.5, 0.6) is 0 Å². The molecule has 3 rings (SSSR count). The first-order chi connectivity index (χ1) is 12.3. The number of carbonyl (C=O) groups excluding carboxylic acids is 1. The summed E-state index contributed by atoms with van der Waals surface area (Å²) >= 11 is 5.85. The SMILES string of the molecule is CC1CC(C)CN(C(=O)C2CCN(S(=O)(=O)c3ccc(Cl)cc3)CC2)C1. The summed E-state index contributed by atoms with van der Waals surface area (Å²) in [6, 6.07) is 6.24. The van der Waals surface area contributed by atoms with Crippen molar-refractivity contribution >= 4 is 27.5 Å². The zero-order chi connectivity index (χ0) is 18.9. The molecule has 2 aliphatic heterocycles. The molecule has 2 unspecified atom stereocenters. The number of likely N-dealkylation sites (tertiary alicyclic amines) is 1. The van der Waals surface area contributed by atoms with Gasteiger partial charge in [-0.15, -0.1) is 0 Å². The van der Waals surface area contributed by atoms with E-state index in [0.29, 0.717) is 42.8 Å². The van der Waals surface area contributed by atoms with E-state index in [-0.39, 0.29) is 16.7 Å². The number of piperidine rings is 2. The molecular formula is C19H27ClN2O3S. The molecule has 2 aliphatic rings. The fourth-order valence-corrected chi connectivity index (χ4v) is 5.80. The molecule has 0 aromatic heterocycles. The third-order valence-corrected chi connectivity index (χ3v) is 7.60.